The first-order valence-corrected chi connectivity index (χ1v) is 9.32. The van der Waals surface area contributed by atoms with Crippen LogP contribution in [0.3, 0.4) is 0 Å². The van der Waals surface area contributed by atoms with E-state index in [2.05, 4.69) is 25.4 Å². The van der Waals surface area contributed by atoms with Gasteiger partial charge in [-0.2, -0.15) is 8.42 Å². The lowest BCUT2D eigenvalue weighted by Gasteiger charge is -2.13. The van der Waals surface area contributed by atoms with Crippen LogP contribution in [0.15, 0.2) is 22.7 Å². The van der Waals surface area contributed by atoms with Crippen LogP contribution < -0.4 is 5.32 Å². The monoisotopic (exact) mass is 394 g/mol. The minimum absolute atomic E-state index is 0.0239. The van der Waals surface area contributed by atoms with Gasteiger partial charge in [-0.3, -0.25) is 14.3 Å². The van der Waals surface area contributed by atoms with Crippen molar-refractivity contribution in [1.29, 1.82) is 0 Å². The highest BCUT2D eigenvalue weighted by Gasteiger charge is 2.14. The minimum Gasteiger partial charge on any atom is -0.379 e. The van der Waals surface area contributed by atoms with Gasteiger partial charge >= 0.3 is 0 Å². The zero-order valence-corrected chi connectivity index (χ0v) is 14.8. The van der Waals surface area contributed by atoms with Crippen molar-refractivity contribution in [3.8, 4) is 0 Å². The van der Waals surface area contributed by atoms with Crippen molar-refractivity contribution in [1.82, 2.24) is 0 Å². The zero-order valence-electron chi connectivity index (χ0n) is 12.4. The number of hydrogen-bond donors (Lipinski definition) is 1. The van der Waals surface area contributed by atoms with E-state index in [-0.39, 0.29) is 18.2 Å². The summed E-state index contributed by atoms with van der Waals surface area (Å²) in [6.07, 6.45) is 2.38. The second-order valence-corrected chi connectivity index (χ2v) is 7.63. The van der Waals surface area contributed by atoms with Gasteiger partial charge in [0.2, 0.25) is 0 Å². The molecule has 0 heterocycles. The third-order valence-corrected chi connectivity index (χ3v) is 4.02. The van der Waals surface area contributed by atoms with E-state index in [1.165, 1.54) is 6.07 Å². The maximum Gasteiger partial charge on any atom is 0.292 e. The Morgan fingerprint density at radius 2 is 2.14 bits per heavy atom. The summed E-state index contributed by atoms with van der Waals surface area (Å²) in [6.45, 7) is 2.69. The van der Waals surface area contributed by atoms with Gasteiger partial charge in [0.25, 0.3) is 15.8 Å². The van der Waals surface area contributed by atoms with E-state index in [4.69, 9.17) is 0 Å². The van der Waals surface area contributed by atoms with E-state index in [1.807, 2.05) is 6.92 Å². The molecule has 0 fully saturated rings. The lowest BCUT2D eigenvalue weighted by molar-refractivity contribution is -0.384. The van der Waals surface area contributed by atoms with Crippen molar-refractivity contribution in [3.63, 3.8) is 0 Å². The summed E-state index contributed by atoms with van der Waals surface area (Å²) in [7, 11) is -3.39. The summed E-state index contributed by atoms with van der Waals surface area (Å²) >= 11 is 3.29. The van der Waals surface area contributed by atoms with Crippen molar-refractivity contribution in [2.24, 2.45) is 5.92 Å². The van der Waals surface area contributed by atoms with Crippen LogP contribution in [0.5, 0.6) is 0 Å². The molecule has 0 radical (unpaired) electrons. The molecule has 0 aromatic heterocycles. The Hall–Kier alpha value is -1.19. The molecule has 1 rings (SSSR count). The Labute approximate surface area is 138 Å². The summed E-state index contributed by atoms with van der Waals surface area (Å²) in [5, 5.41) is 14.0. The summed E-state index contributed by atoms with van der Waals surface area (Å²) in [5.41, 5.74) is 0.481. The Kier molecular flexibility index (Phi) is 7.24. The molecule has 1 aromatic rings. The minimum atomic E-state index is -3.39. The summed E-state index contributed by atoms with van der Waals surface area (Å²) < 4.78 is 27.1. The van der Waals surface area contributed by atoms with Crippen LogP contribution in [0, 0.1) is 16.0 Å². The Morgan fingerprint density at radius 3 is 2.73 bits per heavy atom. The largest absolute Gasteiger partial charge is 0.379 e. The molecule has 0 amide bonds. The average Bonchev–Trinajstić information content (AvgIpc) is 2.40. The first-order chi connectivity index (χ1) is 10.2. The predicted molar refractivity (Wildman–Crippen MR) is 88.5 cm³/mol. The van der Waals surface area contributed by atoms with Gasteiger partial charge in [0.1, 0.15) is 5.69 Å². The smallest absolute Gasteiger partial charge is 0.292 e. The first-order valence-electron chi connectivity index (χ1n) is 6.71. The Bertz CT molecular complexity index is 621. The molecule has 1 atom stereocenters. The second kappa shape index (κ2) is 8.44. The van der Waals surface area contributed by atoms with Crippen molar-refractivity contribution in [2.45, 2.75) is 19.8 Å². The van der Waals surface area contributed by atoms with Crippen LogP contribution in [0.1, 0.15) is 19.8 Å². The number of nitrogens with zero attached hydrogens (tertiary/aromatic N) is 1. The number of nitro groups is 1. The molecule has 9 heteroatoms. The molecule has 124 valence electrons. The average molecular weight is 395 g/mol. The fourth-order valence-electron chi connectivity index (χ4n) is 1.84. The van der Waals surface area contributed by atoms with E-state index < -0.39 is 15.0 Å². The van der Waals surface area contributed by atoms with Crippen molar-refractivity contribution in [3.05, 3.63) is 32.8 Å². The standard InChI is InChI=1S/C13H19BrN2O5S/c1-10(4-3-7-21-22(2,19)20)9-15-12-8-11(14)5-6-13(12)16(17)18/h5-6,8,10,15H,3-4,7,9H2,1-2H3. The molecule has 1 unspecified atom stereocenters. The zero-order chi connectivity index (χ0) is 16.8. The summed E-state index contributed by atoms with van der Waals surface area (Å²) in [6, 6.07) is 4.73. The van der Waals surface area contributed by atoms with E-state index in [1.54, 1.807) is 12.1 Å². The van der Waals surface area contributed by atoms with Crippen LogP contribution in [0.4, 0.5) is 11.4 Å². The highest BCUT2D eigenvalue weighted by molar-refractivity contribution is 9.10. The molecule has 1 aromatic carbocycles. The predicted octanol–water partition coefficient (Wildman–Crippen LogP) is 3.16. The molecule has 0 saturated carbocycles. The number of rotatable bonds is 9. The van der Waals surface area contributed by atoms with Gasteiger partial charge in [0.05, 0.1) is 17.8 Å². The molecular formula is C13H19BrN2O5S. The van der Waals surface area contributed by atoms with Gasteiger partial charge in [0, 0.05) is 17.1 Å². The number of hydrogen-bond acceptors (Lipinski definition) is 6. The fourth-order valence-corrected chi connectivity index (χ4v) is 2.62. The van der Waals surface area contributed by atoms with Gasteiger partial charge in [-0.1, -0.05) is 22.9 Å². The lowest BCUT2D eigenvalue weighted by Crippen LogP contribution is -2.13. The van der Waals surface area contributed by atoms with Gasteiger partial charge in [-0.25, -0.2) is 0 Å². The molecule has 0 spiro atoms. The molecular weight excluding hydrogens is 376 g/mol. The molecule has 1 N–H and O–H groups in total. The number of nitrogens with one attached hydrogen (secondary N) is 1. The Morgan fingerprint density at radius 1 is 1.45 bits per heavy atom. The highest BCUT2D eigenvalue weighted by Crippen LogP contribution is 2.28. The van der Waals surface area contributed by atoms with Crippen LogP contribution >= 0.6 is 15.9 Å². The number of halogens is 1. The number of nitro benzene ring substituents is 1. The molecule has 7 nitrogen and oxygen atoms in total. The van der Waals surface area contributed by atoms with Crippen molar-refractivity contribution in [2.75, 3.05) is 24.7 Å². The third-order valence-electron chi connectivity index (χ3n) is 2.93. The van der Waals surface area contributed by atoms with Gasteiger partial charge < -0.3 is 5.32 Å². The van der Waals surface area contributed by atoms with Crippen molar-refractivity contribution >= 4 is 37.4 Å². The van der Waals surface area contributed by atoms with Gasteiger partial charge in [-0.15, -0.1) is 0 Å². The summed E-state index contributed by atoms with van der Waals surface area (Å²) in [4.78, 5) is 10.5. The van der Waals surface area contributed by atoms with E-state index >= 15 is 0 Å². The molecule has 22 heavy (non-hydrogen) atoms. The Balaban J connectivity index is 2.45. The topological polar surface area (TPSA) is 98.5 Å². The molecule has 0 saturated heterocycles. The molecule has 0 aliphatic carbocycles. The fraction of sp³-hybridized carbons (Fsp3) is 0.538. The third kappa shape index (κ3) is 7.19. The quantitative estimate of drug-likeness (QED) is 0.299. The van der Waals surface area contributed by atoms with Gasteiger partial charge in [0.15, 0.2) is 0 Å². The molecule has 0 bridgehead atoms. The van der Waals surface area contributed by atoms with Crippen molar-refractivity contribution < 1.29 is 17.5 Å². The number of anilines is 1. The SMILES string of the molecule is CC(CCCOS(C)(=O)=O)CNc1cc(Br)ccc1[N+](=O)[O-]. The second-order valence-electron chi connectivity index (χ2n) is 5.07. The lowest BCUT2D eigenvalue weighted by atomic mass is 10.1. The van der Waals surface area contributed by atoms with E-state index in [0.717, 1.165) is 17.1 Å². The number of benzene rings is 1. The normalized spacial score (nSPS) is 12.9. The summed E-state index contributed by atoms with van der Waals surface area (Å²) in [5.74, 6) is 0.224. The van der Waals surface area contributed by atoms with Crippen LogP contribution in [-0.4, -0.2) is 32.7 Å². The van der Waals surface area contributed by atoms with E-state index in [9.17, 15) is 18.5 Å². The maximum absolute atomic E-state index is 11.0. The highest BCUT2D eigenvalue weighted by atomic mass is 79.9. The maximum atomic E-state index is 11.0. The first kappa shape index (κ1) is 18.9. The van der Waals surface area contributed by atoms with E-state index in [0.29, 0.717) is 18.7 Å². The van der Waals surface area contributed by atoms with Crippen LogP contribution in [0.25, 0.3) is 0 Å². The van der Waals surface area contributed by atoms with Crippen LogP contribution in [-0.2, 0) is 14.3 Å². The van der Waals surface area contributed by atoms with Gasteiger partial charge in [-0.05, 0) is 30.9 Å². The molecule has 0 aliphatic rings. The molecule has 0 aliphatic heterocycles. The van der Waals surface area contributed by atoms with Crippen LogP contribution in [0.2, 0.25) is 0 Å².